The van der Waals surface area contributed by atoms with Crippen molar-refractivity contribution in [3.05, 3.63) is 72.2 Å². The summed E-state index contributed by atoms with van der Waals surface area (Å²) in [5.74, 6) is -3.55. The fourth-order valence-electron chi connectivity index (χ4n) is 3.54. The minimum Gasteiger partial charge on any atom is -0.493 e. The highest BCUT2D eigenvalue weighted by Crippen LogP contribution is 2.38. The van der Waals surface area contributed by atoms with Crippen molar-refractivity contribution in [3.63, 3.8) is 0 Å². The summed E-state index contributed by atoms with van der Waals surface area (Å²) in [6.07, 6.45) is 3.53. The number of alkyl halides is 2. The van der Waals surface area contributed by atoms with Gasteiger partial charge in [-0.1, -0.05) is 0 Å². The molecule has 204 valence electrons. The van der Waals surface area contributed by atoms with Gasteiger partial charge in [0, 0.05) is 54.4 Å². The molecule has 0 unspecified atom stereocenters. The summed E-state index contributed by atoms with van der Waals surface area (Å²) >= 11 is 0. The molecule has 0 aliphatic carbocycles. The van der Waals surface area contributed by atoms with Crippen LogP contribution in [0.15, 0.2) is 55.0 Å². The SMILES string of the molecule is CNCCOc1cc2nccc(Oc3c(F)cc(NC(=O)c4cnccc4OC(F)F)cc3F)c2cc1OC. The zero-order valence-electron chi connectivity index (χ0n) is 20.6. The first-order chi connectivity index (χ1) is 18.8. The number of amides is 1. The standard InChI is InChI=1S/C26H22F4N4O5/c1-31-7-8-37-23-12-19-15(11-22(23)36-2)20(4-6-33-19)38-24-17(27)9-14(10-18(24)28)34-25(35)16-13-32-5-3-21(16)39-26(29)30/h3-6,9-13,26,31H,7-8H2,1-2H3,(H,34,35). The van der Waals surface area contributed by atoms with Crippen LogP contribution in [0.3, 0.4) is 0 Å². The highest BCUT2D eigenvalue weighted by atomic mass is 19.3. The van der Waals surface area contributed by atoms with Gasteiger partial charge >= 0.3 is 6.61 Å². The van der Waals surface area contributed by atoms with Crippen LogP contribution in [0.1, 0.15) is 10.4 Å². The summed E-state index contributed by atoms with van der Waals surface area (Å²) < 4.78 is 76.2. The van der Waals surface area contributed by atoms with Crippen molar-refractivity contribution in [3.8, 4) is 28.7 Å². The highest BCUT2D eigenvalue weighted by molar-refractivity contribution is 6.06. The molecule has 2 aromatic carbocycles. The molecule has 0 bridgehead atoms. The Kier molecular flexibility index (Phi) is 8.61. The molecule has 0 aliphatic rings. The monoisotopic (exact) mass is 546 g/mol. The van der Waals surface area contributed by atoms with Crippen molar-refractivity contribution < 1.29 is 41.3 Å². The van der Waals surface area contributed by atoms with Crippen LogP contribution in [0, 0.1) is 11.6 Å². The number of aromatic nitrogens is 2. The highest BCUT2D eigenvalue weighted by Gasteiger charge is 2.20. The number of carbonyl (C=O) groups is 1. The lowest BCUT2D eigenvalue weighted by Gasteiger charge is -2.15. The number of methoxy groups -OCH3 is 1. The minimum atomic E-state index is -3.19. The number of likely N-dealkylation sites (N-methyl/N-ethyl adjacent to an activating group) is 1. The Labute approximate surface area is 219 Å². The molecule has 13 heteroatoms. The van der Waals surface area contributed by atoms with Gasteiger partial charge in [-0.15, -0.1) is 0 Å². The average molecular weight is 546 g/mol. The van der Waals surface area contributed by atoms with Gasteiger partial charge in [0.25, 0.3) is 5.91 Å². The molecule has 2 N–H and O–H groups in total. The third kappa shape index (κ3) is 6.44. The van der Waals surface area contributed by atoms with E-state index >= 15 is 0 Å². The van der Waals surface area contributed by atoms with E-state index in [1.165, 1.54) is 19.4 Å². The quantitative estimate of drug-likeness (QED) is 0.196. The Bertz CT molecular complexity index is 1470. The van der Waals surface area contributed by atoms with E-state index in [1.54, 1.807) is 19.2 Å². The van der Waals surface area contributed by atoms with E-state index in [9.17, 15) is 22.4 Å². The maximum absolute atomic E-state index is 15.0. The second-order valence-electron chi connectivity index (χ2n) is 7.86. The van der Waals surface area contributed by atoms with Crippen LogP contribution in [0.4, 0.5) is 23.2 Å². The molecule has 9 nitrogen and oxygen atoms in total. The Morgan fingerprint density at radius 2 is 1.74 bits per heavy atom. The molecule has 0 saturated heterocycles. The lowest BCUT2D eigenvalue weighted by molar-refractivity contribution is -0.0501. The first kappa shape index (κ1) is 27.4. The number of nitrogens with one attached hydrogen (secondary N) is 2. The van der Waals surface area contributed by atoms with Gasteiger partial charge in [0.2, 0.25) is 0 Å². The van der Waals surface area contributed by atoms with Crippen molar-refractivity contribution in [2.24, 2.45) is 0 Å². The molecular formula is C26H22F4N4O5. The molecule has 0 radical (unpaired) electrons. The summed E-state index contributed by atoms with van der Waals surface area (Å²) in [6.45, 7) is -2.22. The Balaban J connectivity index is 1.59. The van der Waals surface area contributed by atoms with Crippen LogP contribution in [0.5, 0.6) is 28.7 Å². The van der Waals surface area contributed by atoms with Crippen molar-refractivity contribution in [2.75, 3.05) is 32.6 Å². The zero-order valence-corrected chi connectivity index (χ0v) is 20.6. The second-order valence-corrected chi connectivity index (χ2v) is 7.86. The van der Waals surface area contributed by atoms with Crippen LogP contribution in [-0.2, 0) is 0 Å². The average Bonchev–Trinajstić information content (AvgIpc) is 2.90. The van der Waals surface area contributed by atoms with Gasteiger partial charge in [-0.05, 0) is 25.2 Å². The van der Waals surface area contributed by atoms with Crippen LogP contribution < -0.4 is 29.6 Å². The van der Waals surface area contributed by atoms with E-state index in [1.807, 2.05) is 0 Å². The fourth-order valence-corrected chi connectivity index (χ4v) is 3.54. The molecule has 2 aromatic heterocycles. The summed E-state index contributed by atoms with van der Waals surface area (Å²) in [6, 6.07) is 7.31. The molecule has 2 heterocycles. The predicted octanol–water partition coefficient (Wildman–Crippen LogP) is 5.16. The fraction of sp³-hybridized carbons (Fsp3) is 0.192. The molecule has 0 aliphatic heterocycles. The number of halogens is 4. The molecule has 4 rings (SSSR count). The Morgan fingerprint density at radius 3 is 2.44 bits per heavy atom. The predicted molar refractivity (Wildman–Crippen MR) is 133 cm³/mol. The van der Waals surface area contributed by atoms with E-state index < -0.39 is 35.7 Å². The number of benzene rings is 2. The van der Waals surface area contributed by atoms with Gasteiger partial charge in [-0.25, -0.2) is 8.78 Å². The maximum Gasteiger partial charge on any atom is 0.387 e. The van der Waals surface area contributed by atoms with Gasteiger partial charge in [-0.2, -0.15) is 8.78 Å². The summed E-state index contributed by atoms with van der Waals surface area (Å²) in [4.78, 5) is 20.5. The van der Waals surface area contributed by atoms with Crippen molar-refractivity contribution in [1.29, 1.82) is 0 Å². The smallest absolute Gasteiger partial charge is 0.387 e. The summed E-state index contributed by atoms with van der Waals surface area (Å²) in [5, 5.41) is 5.59. The maximum atomic E-state index is 15.0. The molecule has 0 fully saturated rings. The van der Waals surface area contributed by atoms with Gasteiger partial charge in [0.05, 0.1) is 12.6 Å². The minimum absolute atomic E-state index is 0.0822. The summed E-state index contributed by atoms with van der Waals surface area (Å²) in [7, 11) is 3.23. The topological polar surface area (TPSA) is 104 Å². The van der Waals surface area contributed by atoms with Gasteiger partial charge in [-0.3, -0.25) is 14.8 Å². The zero-order chi connectivity index (χ0) is 27.9. The number of pyridine rings is 2. The van der Waals surface area contributed by atoms with E-state index in [4.69, 9.17) is 14.2 Å². The van der Waals surface area contributed by atoms with Crippen LogP contribution in [-0.4, -0.2) is 49.8 Å². The van der Waals surface area contributed by atoms with E-state index in [0.717, 1.165) is 30.6 Å². The van der Waals surface area contributed by atoms with Crippen molar-refractivity contribution in [2.45, 2.75) is 6.61 Å². The Morgan fingerprint density at radius 1 is 1.00 bits per heavy atom. The first-order valence-electron chi connectivity index (χ1n) is 11.4. The largest absolute Gasteiger partial charge is 0.493 e. The molecule has 1 amide bonds. The first-order valence-corrected chi connectivity index (χ1v) is 11.4. The van der Waals surface area contributed by atoms with E-state index in [0.29, 0.717) is 35.6 Å². The molecule has 0 saturated carbocycles. The molecule has 4 aromatic rings. The van der Waals surface area contributed by atoms with E-state index in [2.05, 4.69) is 25.3 Å². The Hall–Kier alpha value is -4.65. The van der Waals surface area contributed by atoms with Crippen molar-refractivity contribution >= 4 is 22.5 Å². The van der Waals surface area contributed by atoms with Crippen LogP contribution in [0.25, 0.3) is 10.9 Å². The van der Waals surface area contributed by atoms with Crippen LogP contribution >= 0.6 is 0 Å². The van der Waals surface area contributed by atoms with Crippen molar-refractivity contribution in [1.82, 2.24) is 15.3 Å². The number of fused-ring (bicyclic) bond motifs is 1. The number of hydrogen-bond donors (Lipinski definition) is 2. The van der Waals surface area contributed by atoms with Gasteiger partial charge in [0.1, 0.15) is 23.7 Å². The van der Waals surface area contributed by atoms with Gasteiger partial charge in [0.15, 0.2) is 28.9 Å². The molecule has 0 spiro atoms. The second kappa shape index (κ2) is 12.3. The number of carbonyl (C=O) groups excluding carboxylic acids is 1. The molecule has 39 heavy (non-hydrogen) atoms. The number of rotatable bonds is 11. The number of ether oxygens (including phenoxy) is 4. The number of hydrogen-bond acceptors (Lipinski definition) is 8. The molecule has 0 atom stereocenters. The third-order valence-electron chi connectivity index (χ3n) is 5.31. The number of nitrogens with zero attached hydrogens (tertiary/aromatic N) is 2. The molecular weight excluding hydrogens is 524 g/mol. The summed E-state index contributed by atoms with van der Waals surface area (Å²) in [5.41, 5.74) is -0.222. The lowest BCUT2D eigenvalue weighted by Crippen LogP contribution is -2.16. The third-order valence-corrected chi connectivity index (χ3v) is 5.31. The number of anilines is 1. The van der Waals surface area contributed by atoms with E-state index in [-0.39, 0.29) is 17.0 Å². The van der Waals surface area contributed by atoms with Crippen LogP contribution in [0.2, 0.25) is 0 Å². The van der Waals surface area contributed by atoms with Gasteiger partial charge < -0.3 is 29.6 Å². The normalized spacial score (nSPS) is 10.9. The lowest BCUT2D eigenvalue weighted by atomic mass is 10.1.